The first-order chi connectivity index (χ1) is 10.5. The first-order valence-corrected chi connectivity index (χ1v) is 7.88. The molecule has 2 rings (SSSR count). The first-order valence-electron chi connectivity index (χ1n) is 7.00. The van der Waals surface area contributed by atoms with Crippen molar-refractivity contribution in [3.05, 3.63) is 35.7 Å². The molecule has 0 bridgehead atoms. The molecule has 0 aliphatic heterocycles. The highest BCUT2D eigenvalue weighted by Crippen LogP contribution is 2.22. The van der Waals surface area contributed by atoms with Gasteiger partial charge in [-0.25, -0.2) is 0 Å². The maximum absolute atomic E-state index is 10.9. The lowest BCUT2D eigenvalue weighted by Gasteiger charge is -2.08. The number of carbonyl (C=O) groups is 1. The van der Waals surface area contributed by atoms with Gasteiger partial charge in [0.05, 0.1) is 0 Å². The average Bonchev–Trinajstić information content (AvgIpc) is 2.86. The van der Waals surface area contributed by atoms with Crippen molar-refractivity contribution < 1.29 is 14.6 Å². The highest BCUT2D eigenvalue weighted by Gasteiger charge is 2.17. The standard InChI is InChI=1S/C15H19N3O3S/c1-4-11-5-7-12(8-6-11)21-9-13-16-17-15(18(13)3)22-10(2)14(19)20/h5-8,10H,4,9H2,1-3H3,(H,19,20)/t10-/m0/s1. The van der Waals surface area contributed by atoms with Crippen LogP contribution in [-0.4, -0.2) is 31.1 Å². The summed E-state index contributed by atoms with van der Waals surface area (Å²) < 4.78 is 7.44. The number of hydrogen-bond donors (Lipinski definition) is 1. The highest BCUT2D eigenvalue weighted by atomic mass is 32.2. The van der Waals surface area contributed by atoms with Gasteiger partial charge in [0, 0.05) is 7.05 Å². The van der Waals surface area contributed by atoms with Crippen molar-refractivity contribution in [2.45, 2.75) is 37.3 Å². The largest absolute Gasteiger partial charge is 0.486 e. The molecule has 0 spiro atoms. The van der Waals surface area contributed by atoms with Gasteiger partial charge in [0.25, 0.3) is 0 Å². The fraction of sp³-hybridized carbons (Fsp3) is 0.400. The van der Waals surface area contributed by atoms with Crippen molar-refractivity contribution >= 4 is 17.7 Å². The molecule has 0 aliphatic carbocycles. The van der Waals surface area contributed by atoms with Crippen molar-refractivity contribution in [3.8, 4) is 5.75 Å². The summed E-state index contributed by atoms with van der Waals surface area (Å²) >= 11 is 1.16. The lowest BCUT2D eigenvalue weighted by atomic mass is 10.2. The fourth-order valence-electron chi connectivity index (χ4n) is 1.75. The Labute approximate surface area is 133 Å². The number of ether oxygens (including phenoxy) is 1. The lowest BCUT2D eigenvalue weighted by Crippen LogP contribution is -2.12. The number of thioether (sulfide) groups is 1. The molecule has 0 amide bonds. The van der Waals surface area contributed by atoms with Crippen LogP contribution in [0.4, 0.5) is 0 Å². The summed E-state index contributed by atoms with van der Waals surface area (Å²) in [6, 6.07) is 7.92. The topological polar surface area (TPSA) is 77.2 Å². The van der Waals surface area contributed by atoms with Crippen LogP contribution in [-0.2, 0) is 24.9 Å². The van der Waals surface area contributed by atoms with E-state index in [4.69, 9.17) is 9.84 Å². The third-order valence-electron chi connectivity index (χ3n) is 3.25. The highest BCUT2D eigenvalue weighted by molar-refractivity contribution is 8.00. The Bertz CT molecular complexity index is 640. The van der Waals surface area contributed by atoms with Gasteiger partial charge in [0.1, 0.15) is 17.6 Å². The molecule has 0 saturated heterocycles. The Balaban J connectivity index is 1.98. The van der Waals surface area contributed by atoms with E-state index in [1.165, 1.54) is 5.56 Å². The fourth-order valence-corrected chi connectivity index (χ4v) is 2.52. The average molecular weight is 321 g/mol. The minimum Gasteiger partial charge on any atom is -0.486 e. The van der Waals surface area contributed by atoms with Crippen LogP contribution in [0.15, 0.2) is 29.4 Å². The second-order valence-electron chi connectivity index (χ2n) is 4.84. The maximum Gasteiger partial charge on any atom is 0.316 e. The van der Waals surface area contributed by atoms with Crippen LogP contribution in [0.25, 0.3) is 0 Å². The number of carboxylic acid groups (broad SMARTS) is 1. The van der Waals surface area contributed by atoms with Crippen LogP contribution in [0.5, 0.6) is 5.75 Å². The third kappa shape index (κ3) is 4.00. The van der Waals surface area contributed by atoms with Gasteiger partial charge in [0.2, 0.25) is 0 Å². The smallest absolute Gasteiger partial charge is 0.316 e. The van der Waals surface area contributed by atoms with Crippen molar-refractivity contribution in [3.63, 3.8) is 0 Å². The number of nitrogens with zero attached hydrogens (tertiary/aromatic N) is 3. The zero-order chi connectivity index (χ0) is 16.1. The molecule has 1 aromatic heterocycles. The minimum absolute atomic E-state index is 0.289. The molecule has 1 aromatic carbocycles. The third-order valence-corrected chi connectivity index (χ3v) is 4.38. The predicted octanol–water partition coefficient (Wildman–Crippen LogP) is 2.52. The van der Waals surface area contributed by atoms with E-state index in [2.05, 4.69) is 17.1 Å². The van der Waals surface area contributed by atoms with Crippen LogP contribution in [0.2, 0.25) is 0 Å². The molecule has 7 heteroatoms. The molecule has 0 fully saturated rings. The van der Waals surface area contributed by atoms with E-state index >= 15 is 0 Å². The van der Waals surface area contributed by atoms with Gasteiger partial charge in [0.15, 0.2) is 11.0 Å². The molecule has 6 nitrogen and oxygen atoms in total. The molecule has 22 heavy (non-hydrogen) atoms. The maximum atomic E-state index is 10.9. The van der Waals surface area contributed by atoms with Gasteiger partial charge in [-0.1, -0.05) is 30.8 Å². The Morgan fingerprint density at radius 2 is 2.05 bits per heavy atom. The minimum atomic E-state index is -0.873. The molecule has 0 unspecified atom stereocenters. The Kier molecular flexibility index (Phi) is 5.43. The van der Waals surface area contributed by atoms with Gasteiger partial charge >= 0.3 is 5.97 Å². The monoisotopic (exact) mass is 321 g/mol. The number of hydrogen-bond acceptors (Lipinski definition) is 5. The molecule has 0 aliphatic rings. The number of rotatable bonds is 7. The van der Waals surface area contributed by atoms with Crippen LogP contribution in [0, 0.1) is 0 Å². The lowest BCUT2D eigenvalue weighted by molar-refractivity contribution is -0.136. The van der Waals surface area contributed by atoms with Crippen molar-refractivity contribution in [2.75, 3.05) is 0 Å². The van der Waals surface area contributed by atoms with Crippen molar-refractivity contribution in [1.82, 2.24) is 14.8 Å². The SMILES string of the molecule is CCc1ccc(OCc2nnc(S[C@@H](C)C(=O)O)n2C)cc1. The normalized spacial score (nSPS) is 12.1. The van der Waals surface area contributed by atoms with Crippen LogP contribution in [0.3, 0.4) is 0 Å². The van der Waals surface area contributed by atoms with E-state index in [1.807, 2.05) is 24.3 Å². The summed E-state index contributed by atoms with van der Waals surface area (Å²) in [6.07, 6.45) is 0.992. The zero-order valence-corrected chi connectivity index (χ0v) is 13.6. The van der Waals surface area contributed by atoms with Crippen molar-refractivity contribution in [1.29, 1.82) is 0 Å². The number of aliphatic carboxylic acids is 1. The summed E-state index contributed by atoms with van der Waals surface area (Å²) in [5.41, 5.74) is 1.26. The molecular weight excluding hydrogens is 302 g/mol. The quantitative estimate of drug-likeness (QED) is 0.790. The van der Waals surface area contributed by atoms with Gasteiger partial charge in [-0.05, 0) is 31.0 Å². The molecule has 118 valence electrons. The Morgan fingerprint density at radius 1 is 1.36 bits per heavy atom. The molecule has 1 atom stereocenters. The van der Waals surface area contributed by atoms with Crippen molar-refractivity contribution in [2.24, 2.45) is 7.05 Å². The van der Waals surface area contributed by atoms with Crippen LogP contribution in [0.1, 0.15) is 25.2 Å². The van der Waals surface area contributed by atoms with Gasteiger partial charge in [-0.15, -0.1) is 10.2 Å². The molecule has 2 aromatic rings. The zero-order valence-electron chi connectivity index (χ0n) is 12.8. The van der Waals surface area contributed by atoms with E-state index in [1.54, 1.807) is 18.5 Å². The van der Waals surface area contributed by atoms with Gasteiger partial charge < -0.3 is 14.4 Å². The van der Waals surface area contributed by atoms with E-state index < -0.39 is 11.2 Å². The number of aromatic nitrogens is 3. The number of carboxylic acids is 1. The summed E-state index contributed by atoms with van der Waals surface area (Å²) in [5.74, 6) is 0.551. The summed E-state index contributed by atoms with van der Waals surface area (Å²) in [6.45, 7) is 4.01. The second kappa shape index (κ2) is 7.31. The summed E-state index contributed by atoms with van der Waals surface area (Å²) in [5, 5.41) is 17.0. The van der Waals surface area contributed by atoms with Gasteiger partial charge in [-0.2, -0.15) is 0 Å². The Hall–Kier alpha value is -2.02. The molecule has 1 N–H and O–H groups in total. The molecular formula is C15H19N3O3S. The number of aryl methyl sites for hydroxylation is 1. The van der Waals surface area contributed by atoms with Gasteiger partial charge in [-0.3, -0.25) is 4.79 Å². The summed E-state index contributed by atoms with van der Waals surface area (Å²) in [4.78, 5) is 10.9. The Morgan fingerprint density at radius 3 is 2.64 bits per heavy atom. The van der Waals surface area contributed by atoms with E-state index in [0.717, 1.165) is 23.9 Å². The summed E-state index contributed by atoms with van der Waals surface area (Å²) in [7, 11) is 1.80. The number of benzene rings is 1. The molecule has 0 saturated carbocycles. The first kappa shape index (κ1) is 16.4. The van der Waals surface area contributed by atoms with E-state index in [9.17, 15) is 4.79 Å². The van der Waals surface area contributed by atoms with Crippen LogP contribution >= 0.6 is 11.8 Å². The molecule has 1 heterocycles. The molecule has 0 radical (unpaired) electrons. The van der Waals surface area contributed by atoms with Crippen LogP contribution < -0.4 is 4.74 Å². The predicted molar refractivity (Wildman–Crippen MR) is 84.1 cm³/mol. The van der Waals surface area contributed by atoms with E-state index in [0.29, 0.717) is 11.0 Å². The van der Waals surface area contributed by atoms with E-state index in [-0.39, 0.29) is 6.61 Å². The second-order valence-corrected chi connectivity index (χ2v) is 6.15.